The van der Waals surface area contributed by atoms with Gasteiger partial charge in [0, 0.05) is 5.41 Å². The summed E-state index contributed by atoms with van der Waals surface area (Å²) in [5.74, 6) is 1.85. The number of para-hydroxylation sites is 1. The van der Waals surface area contributed by atoms with Crippen molar-refractivity contribution in [1.29, 1.82) is 0 Å². The second-order valence-corrected chi connectivity index (χ2v) is 5.99. The van der Waals surface area contributed by atoms with E-state index in [0.29, 0.717) is 10.8 Å². The fourth-order valence-electron chi connectivity index (χ4n) is 3.02. The lowest BCUT2D eigenvalue weighted by molar-refractivity contribution is 0.105. The summed E-state index contributed by atoms with van der Waals surface area (Å²) in [6, 6.07) is 8.51. The van der Waals surface area contributed by atoms with Gasteiger partial charge in [0.05, 0.1) is 6.61 Å². The van der Waals surface area contributed by atoms with Crippen LogP contribution in [0.4, 0.5) is 0 Å². The standard InChI is InChI=1S/C14H18O/c1-13(2,3)14-8-11(14)10-6-4-5-7-12(10)15-9-14/h4-7,11H,8-9H2,1-3H3. The van der Waals surface area contributed by atoms with Crippen molar-refractivity contribution in [3.05, 3.63) is 29.8 Å². The third-order valence-corrected chi connectivity index (χ3v) is 4.35. The molecule has 0 spiro atoms. The Balaban J connectivity index is 2.02. The topological polar surface area (TPSA) is 9.23 Å². The van der Waals surface area contributed by atoms with Gasteiger partial charge in [-0.05, 0) is 29.4 Å². The third-order valence-electron chi connectivity index (χ3n) is 4.35. The molecular weight excluding hydrogens is 184 g/mol. The smallest absolute Gasteiger partial charge is 0.122 e. The average molecular weight is 202 g/mol. The first-order valence-corrected chi connectivity index (χ1v) is 5.76. The van der Waals surface area contributed by atoms with Crippen molar-refractivity contribution < 1.29 is 4.74 Å². The summed E-state index contributed by atoms with van der Waals surface area (Å²) in [6.45, 7) is 7.91. The van der Waals surface area contributed by atoms with Gasteiger partial charge in [-0.25, -0.2) is 0 Å². The maximum atomic E-state index is 5.91. The Labute approximate surface area is 91.5 Å². The summed E-state index contributed by atoms with van der Waals surface area (Å²) in [4.78, 5) is 0. The first kappa shape index (κ1) is 9.26. The minimum absolute atomic E-state index is 0.352. The molecule has 0 N–H and O–H groups in total. The van der Waals surface area contributed by atoms with E-state index in [0.717, 1.165) is 18.3 Å². The zero-order valence-electron chi connectivity index (χ0n) is 9.71. The van der Waals surface area contributed by atoms with Crippen molar-refractivity contribution in [1.82, 2.24) is 0 Å². The molecule has 3 rings (SSSR count). The quantitative estimate of drug-likeness (QED) is 0.624. The molecular formula is C14H18O. The fourth-order valence-corrected chi connectivity index (χ4v) is 3.02. The van der Waals surface area contributed by atoms with Crippen molar-refractivity contribution in [2.24, 2.45) is 10.8 Å². The SMILES string of the molecule is CC(C)(C)C12COc3ccccc3C1C2. The molecule has 0 aromatic heterocycles. The van der Waals surface area contributed by atoms with Gasteiger partial charge in [-0.2, -0.15) is 0 Å². The van der Waals surface area contributed by atoms with E-state index in [1.54, 1.807) is 0 Å². The molecule has 0 amide bonds. The van der Waals surface area contributed by atoms with Crippen LogP contribution in [0, 0.1) is 10.8 Å². The molecule has 80 valence electrons. The number of hydrogen-bond acceptors (Lipinski definition) is 1. The van der Waals surface area contributed by atoms with E-state index >= 15 is 0 Å². The van der Waals surface area contributed by atoms with Crippen molar-refractivity contribution in [2.45, 2.75) is 33.1 Å². The predicted octanol–water partition coefficient (Wildman–Crippen LogP) is 3.60. The molecule has 1 aliphatic carbocycles. The highest BCUT2D eigenvalue weighted by molar-refractivity contribution is 5.45. The molecule has 1 fully saturated rings. The van der Waals surface area contributed by atoms with E-state index < -0.39 is 0 Å². The number of rotatable bonds is 0. The van der Waals surface area contributed by atoms with Crippen molar-refractivity contribution in [3.8, 4) is 5.75 Å². The lowest BCUT2D eigenvalue weighted by atomic mass is 9.74. The van der Waals surface area contributed by atoms with Gasteiger partial charge >= 0.3 is 0 Å². The Morgan fingerprint density at radius 3 is 2.73 bits per heavy atom. The molecule has 1 aromatic rings. The van der Waals surface area contributed by atoms with Gasteiger partial charge in [0.15, 0.2) is 0 Å². The number of ether oxygens (including phenoxy) is 1. The van der Waals surface area contributed by atoms with E-state index in [2.05, 4.69) is 45.0 Å². The van der Waals surface area contributed by atoms with E-state index in [1.807, 2.05) is 0 Å². The molecule has 1 heterocycles. The van der Waals surface area contributed by atoms with Crippen LogP contribution in [-0.2, 0) is 0 Å². The Morgan fingerprint density at radius 1 is 1.27 bits per heavy atom. The van der Waals surface area contributed by atoms with Gasteiger partial charge in [-0.3, -0.25) is 0 Å². The van der Waals surface area contributed by atoms with E-state index in [9.17, 15) is 0 Å². The fraction of sp³-hybridized carbons (Fsp3) is 0.571. The van der Waals surface area contributed by atoms with Gasteiger partial charge in [-0.1, -0.05) is 39.0 Å². The normalized spacial score (nSPS) is 32.6. The summed E-state index contributed by atoms with van der Waals surface area (Å²) in [5.41, 5.74) is 2.19. The molecule has 1 aromatic carbocycles. The van der Waals surface area contributed by atoms with Gasteiger partial charge < -0.3 is 4.74 Å². The van der Waals surface area contributed by atoms with Crippen molar-refractivity contribution in [3.63, 3.8) is 0 Å². The lowest BCUT2D eigenvalue weighted by Crippen LogP contribution is -2.32. The second kappa shape index (κ2) is 2.58. The first-order valence-electron chi connectivity index (χ1n) is 5.76. The maximum absolute atomic E-state index is 5.91. The predicted molar refractivity (Wildman–Crippen MR) is 61.2 cm³/mol. The van der Waals surface area contributed by atoms with Crippen molar-refractivity contribution >= 4 is 0 Å². The Hall–Kier alpha value is -0.980. The van der Waals surface area contributed by atoms with E-state index in [-0.39, 0.29) is 0 Å². The molecule has 1 nitrogen and oxygen atoms in total. The zero-order chi connectivity index (χ0) is 10.7. The van der Waals surface area contributed by atoms with Crippen LogP contribution in [0.1, 0.15) is 38.7 Å². The number of benzene rings is 1. The largest absolute Gasteiger partial charge is 0.493 e. The van der Waals surface area contributed by atoms with Gasteiger partial charge in [0.1, 0.15) is 5.75 Å². The summed E-state index contributed by atoms with van der Waals surface area (Å²) < 4.78 is 5.91. The molecule has 2 unspecified atom stereocenters. The number of hydrogen-bond donors (Lipinski definition) is 0. The minimum atomic E-state index is 0.352. The summed E-state index contributed by atoms with van der Waals surface area (Å²) >= 11 is 0. The molecule has 2 aliphatic rings. The van der Waals surface area contributed by atoms with Crippen LogP contribution in [0.3, 0.4) is 0 Å². The van der Waals surface area contributed by atoms with Gasteiger partial charge in [0.25, 0.3) is 0 Å². The molecule has 0 saturated heterocycles. The first-order chi connectivity index (χ1) is 7.05. The van der Waals surface area contributed by atoms with Crippen LogP contribution in [0.15, 0.2) is 24.3 Å². The molecule has 1 saturated carbocycles. The maximum Gasteiger partial charge on any atom is 0.122 e. The summed E-state index contributed by atoms with van der Waals surface area (Å²) in [7, 11) is 0. The molecule has 0 radical (unpaired) electrons. The zero-order valence-corrected chi connectivity index (χ0v) is 9.71. The van der Waals surface area contributed by atoms with E-state index in [4.69, 9.17) is 4.74 Å². The van der Waals surface area contributed by atoms with E-state index in [1.165, 1.54) is 12.0 Å². The Kier molecular flexibility index (Phi) is 1.59. The van der Waals surface area contributed by atoms with Gasteiger partial charge in [0.2, 0.25) is 0 Å². The second-order valence-electron chi connectivity index (χ2n) is 5.99. The molecule has 15 heavy (non-hydrogen) atoms. The molecule has 0 bridgehead atoms. The monoisotopic (exact) mass is 202 g/mol. The molecule has 1 aliphatic heterocycles. The molecule has 1 heteroatoms. The average Bonchev–Trinajstić information content (AvgIpc) is 2.92. The summed E-state index contributed by atoms with van der Waals surface area (Å²) in [6.07, 6.45) is 1.30. The summed E-state index contributed by atoms with van der Waals surface area (Å²) in [5, 5.41) is 0. The van der Waals surface area contributed by atoms with Crippen LogP contribution in [0.5, 0.6) is 5.75 Å². The van der Waals surface area contributed by atoms with Crippen LogP contribution in [0.2, 0.25) is 0 Å². The van der Waals surface area contributed by atoms with Crippen molar-refractivity contribution in [2.75, 3.05) is 6.61 Å². The Bertz CT molecular complexity index is 402. The minimum Gasteiger partial charge on any atom is -0.493 e. The van der Waals surface area contributed by atoms with Crippen LogP contribution in [0.25, 0.3) is 0 Å². The highest BCUT2D eigenvalue weighted by atomic mass is 16.5. The molecule has 2 atom stereocenters. The third kappa shape index (κ3) is 1.09. The number of fused-ring (bicyclic) bond motifs is 3. The Morgan fingerprint density at radius 2 is 2.00 bits per heavy atom. The van der Waals surface area contributed by atoms with Crippen LogP contribution >= 0.6 is 0 Å². The van der Waals surface area contributed by atoms with Crippen LogP contribution < -0.4 is 4.74 Å². The van der Waals surface area contributed by atoms with Crippen LogP contribution in [-0.4, -0.2) is 6.61 Å². The van der Waals surface area contributed by atoms with Gasteiger partial charge in [-0.15, -0.1) is 0 Å². The highest BCUT2D eigenvalue weighted by Gasteiger charge is 2.64. The highest BCUT2D eigenvalue weighted by Crippen LogP contribution is 2.71. The lowest BCUT2D eigenvalue weighted by Gasteiger charge is -2.35.